The lowest BCUT2D eigenvalue weighted by atomic mass is 9.96. The standard InChI is InChI=1S/C20H21F2N7O/c1-28(17-6-11-2-3-14(26-11)20(17)22)19-10-23-15(9-24-19)12-7-13(21)16(8-18(12)30)29-5-4-25-27-29/h4-5,7-11,14,17,20,26,30H,2-3,6H2,1H3/t11?,14?,17-,20+/m1/s1. The SMILES string of the molecule is CN(c1cnc(-c2cc(F)c(-n3ccnn3)cc2O)cn1)[C@@H]1CC2CCC(N2)[C@@H]1F. The van der Waals surface area contributed by atoms with Crippen LogP contribution in [0.5, 0.6) is 5.75 Å². The summed E-state index contributed by atoms with van der Waals surface area (Å²) in [5.41, 5.74) is 0.602. The molecule has 0 radical (unpaired) electrons. The molecule has 2 N–H and O–H groups in total. The molecule has 2 saturated heterocycles. The fraction of sp³-hybridized carbons (Fsp3) is 0.400. The van der Waals surface area contributed by atoms with Gasteiger partial charge in [-0.05, 0) is 25.3 Å². The Morgan fingerprint density at radius 2 is 2.10 bits per heavy atom. The maximum Gasteiger partial charge on any atom is 0.149 e. The number of fused-ring (bicyclic) bond motifs is 2. The summed E-state index contributed by atoms with van der Waals surface area (Å²) in [6, 6.07) is 2.41. The first kappa shape index (κ1) is 18.9. The average Bonchev–Trinajstić information content (AvgIpc) is 3.42. The van der Waals surface area contributed by atoms with Crippen LogP contribution in [0.15, 0.2) is 36.9 Å². The molecule has 4 atom stereocenters. The second-order valence-electron chi connectivity index (χ2n) is 7.83. The third-order valence-electron chi connectivity index (χ3n) is 6.06. The summed E-state index contributed by atoms with van der Waals surface area (Å²) in [4.78, 5) is 10.5. The van der Waals surface area contributed by atoms with Crippen LogP contribution in [-0.4, -0.2) is 61.4 Å². The molecule has 0 aliphatic carbocycles. The largest absolute Gasteiger partial charge is 0.507 e. The van der Waals surface area contributed by atoms with Crippen molar-refractivity contribution in [2.24, 2.45) is 0 Å². The van der Waals surface area contributed by atoms with Crippen molar-refractivity contribution in [2.75, 3.05) is 11.9 Å². The molecule has 2 fully saturated rings. The average molecular weight is 413 g/mol. The van der Waals surface area contributed by atoms with E-state index in [9.17, 15) is 13.9 Å². The summed E-state index contributed by atoms with van der Waals surface area (Å²) in [6.07, 6.45) is 7.47. The monoisotopic (exact) mass is 413 g/mol. The highest BCUT2D eigenvalue weighted by Crippen LogP contribution is 2.34. The Balaban J connectivity index is 1.39. The van der Waals surface area contributed by atoms with E-state index in [-0.39, 0.29) is 29.1 Å². The fourth-order valence-electron chi connectivity index (χ4n) is 4.43. The number of aromatic hydroxyl groups is 1. The first-order chi connectivity index (χ1) is 14.5. The molecule has 4 heterocycles. The van der Waals surface area contributed by atoms with Gasteiger partial charge in [0.1, 0.15) is 29.2 Å². The lowest BCUT2D eigenvalue weighted by Gasteiger charge is -2.38. The van der Waals surface area contributed by atoms with Gasteiger partial charge in [-0.3, -0.25) is 4.98 Å². The van der Waals surface area contributed by atoms with Crippen LogP contribution in [0.1, 0.15) is 19.3 Å². The minimum Gasteiger partial charge on any atom is -0.507 e. The molecule has 2 bridgehead atoms. The molecule has 156 valence electrons. The van der Waals surface area contributed by atoms with E-state index < -0.39 is 12.0 Å². The number of halogens is 2. The quantitative estimate of drug-likeness (QED) is 0.678. The van der Waals surface area contributed by atoms with Crippen LogP contribution < -0.4 is 10.2 Å². The molecule has 1 aromatic carbocycles. The van der Waals surface area contributed by atoms with Crippen LogP contribution in [0.3, 0.4) is 0 Å². The van der Waals surface area contributed by atoms with Crippen LogP contribution in [-0.2, 0) is 0 Å². The van der Waals surface area contributed by atoms with E-state index in [1.165, 1.54) is 41.6 Å². The zero-order valence-corrected chi connectivity index (χ0v) is 16.3. The van der Waals surface area contributed by atoms with Gasteiger partial charge in [0.2, 0.25) is 0 Å². The van der Waals surface area contributed by atoms with Gasteiger partial charge in [-0.2, -0.15) is 0 Å². The molecule has 2 aromatic heterocycles. The fourth-order valence-corrected chi connectivity index (χ4v) is 4.43. The van der Waals surface area contributed by atoms with E-state index >= 15 is 0 Å². The number of piperidine rings is 1. The van der Waals surface area contributed by atoms with Gasteiger partial charge in [-0.1, -0.05) is 5.21 Å². The number of benzene rings is 1. The molecular weight excluding hydrogens is 392 g/mol. The molecule has 0 spiro atoms. The number of rotatable bonds is 4. The minimum absolute atomic E-state index is 0.0765. The van der Waals surface area contributed by atoms with E-state index in [4.69, 9.17) is 0 Å². The third kappa shape index (κ3) is 3.17. The first-order valence-corrected chi connectivity index (χ1v) is 9.86. The lowest BCUT2D eigenvalue weighted by molar-refractivity contribution is 0.176. The van der Waals surface area contributed by atoms with Gasteiger partial charge in [-0.15, -0.1) is 5.10 Å². The molecule has 5 rings (SSSR count). The number of anilines is 1. The van der Waals surface area contributed by atoms with Crippen LogP contribution in [0.4, 0.5) is 14.6 Å². The van der Waals surface area contributed by atoms with Crippen LogP contribution in [0.2, 0.25) is 0 Å². The summed E-state index contributed by atoms with van der Waals surface area (Å²) >= 11 is 0. The Bertz CT molecular complexity index is 1040. The van der Waals surface area contributed by atoms with Crippen molar-refractivity contribution in [3.8, 4) is 22.7 Å². The van der Waals surface area contributed by atoms with Crippen molar-refractivity contribution in [1.29, 1.82) is 0 Å². The number of phenols is 1. The minimum atomic E-state index is -0.974. The molecule has 0 saturated carbocycles. The number of aromatic nitrogens is 5. The van der Waals surface area contributed by atoms with Crippen LogP contribution >= 0.6 is 0 Å². The number of phenolic OH excluding ortho intramolecular Hbond substituents is 1. The molecule has 30 heavy (non-hydrogen) atoms. The topological polar surface area (TPSA) is 92.0 Å². The normalized spacial score (nSPS) is 25.4. The van der Waals surface area contributed by atoms with E-state index in [2.05, 4.69) is 25.6 Å². The highest BCUT2D eigenvalue weighted by Gasteiger charge is 2.43. The van der Waals surface area contributed by atoms with E-state index in [1.807, 2.05) is 11.9 Å². The van der Waals surface area contributed by atoms with Crippen molar-refractivity contribution >= 4 is 5.82 Å². The van der Waals surface area contributed by atoms with Gasteiger partial charge in [0, 0.05) is 30.8 Å². The Morgan fingerprint density at radius 3 is 2.83 bits per heavy atom. The van der Waals surface area contributed by atoms with Gasteiger partial charge in [-0.25, -0.2) is 18.4 Å². The zero-order valence-electron chi connectivity index (χ0n) is 16.3. The summed E-state index contributed by atoms with van der Waals surface area (Å²) in [5.74, 6) is -0.204. The van der Waals surface area contributed by atoms with Crippen molar-refractivity contribution in [3.63, 3.8) is 0 Å². The van der Waals surface area contributed by atoms with Crippen molar-refractivity contribution < 1.29 is 13.9 Å². The number of alkyl halides is 1. The molecule has 2 aliphatic rings. The smallest absolute Gasteiger partial charge is 0.149 e. The van der Waals surface area contributed by atoms with Gasteiger partial charge >= 0.3 is 0 Å². The number of nitrogens with one attached hydrogen (secondary N) is 1. The summed E-state index contributed by atoms with van der Waals surface area (Å²) in [6.45, 7) is 0. The number of hydrogen-bond acceptors (Lipinski definition) is 7. The van der Waals surface area contributed by atoms with Crippen LogP contribution in [0, 0.1) is 5.82 Å². The lowest BCUT2D eigenvalue weighted by Crippen LogP contribution is -2.55. The predicted molar refractivity (Wildman–Crippen MR) is 106 cm³/mol. The Morgan fingerprint density at radius 1 is 1.23 bits per heavy atom. The van der Waals surface area contributed by atoms with E-state index in [0.717, 1.165) is 12.8 Å². The van der Waals surface area contributed by atoms with Gasteiger partial charge in [0.25, 0.3) is 0 Å². The number of nitrogens with zero attached hydrogens (tertiary/aromatic N) is 6. The highest BCUT2D eigenvalue weighted by molar-refractivity contribution is 5.69. The van der Waals surface area contributed by atoms with Crippen LogP contribution in [0.25, 0.3) is 16.9 Å². The zero-order chi connectivity index (χ0) is 20.8. The summed E-state index contributed by atoms with van der Waals surface area (Å²) in [5, 5.41) is 21.1. The van der Waals surface area contributed by atoms with Gasteiger partial charge in [0.05, 0.1) is 36.5 Å². The Labute approximate surface area is 171 Å². The second-order valence-corrected chi connectivity index (χ2v) is 7.83. The first-order valence-electron chi connectivity index (χ1n) is 9.86. The Kier molecular flexibility index (Phi) is 4.58. The van der Waals surface area contributed by atoms with Crippen molar-refractivity contribution in [2.45, 2.75) is 43.6 Å². The highest BCUT2D eigenvalue weighted by atomic mass is 19.1. The maximum absolute atomic E-state index is 14.8. The van der Waals surface area contributed by atoms with E-state index in [0.29, 0.717) is 24.0 Å². The predicted octanol–water partition coefficient (Wildman–Crippen LogP) is 2.24. The molecule has 10 heteroatoms. The third-order valence-corrected chi connectivity index (χ3v) is 6.06. The molecule has 2 aliphatic heterocycles. The molecular formula is C20H21F2N7O. The molecule has 8 nitrogen and oxygen atoms in total. The van der Waals surface area contributed by atoms with Crippen molar-refractivity contribution in [1.82, 2.24) is 30.3 Å². The molecule has 2 unspecified atom stereocenters. The van der Waals surface area contributed by atoms with E-state index in [1.54, 1.807) is 0 Å². The number of hydrogen-bond donors (Lipinski definition) is 2. The maximum atomic E-state index is 14.8. The molecule has 0 amide bonds. The van der Waals surface area contributed by atoms with Crippen molar-refractivity contribution in [3.05, 3.63) is 42.7 Å². The van der Waals surface area contributed by atoms with Gasteiger partial charge < -0.3 is 15.3 Å². The molecule has 3 aromatic rings. The summed E-state index contributed by atoms with van der Waals surface area (Å²) < 4.78 is 30.6. The Hall–Kier alpha value is -3.14. The van der Waals surface area contributed by atoms with Gasteiger partial charge in [0.15, 0.2) is 0 Å². The summed E-state index contributed by atoms with van der Waals surface area (Å²) in [7, 11) is 1.82. The second kappa shape index (κ2) is 7.28.